The normalized spacial score (nSPS) is 13.5. The topological polar surface area (TPSA) is 37.3 Å². The van der Waals surface area contributed by atoms with Crippen LogP contribution in [0.3, 0.4) is 0 Å². The summed E-state index contributed by atoms with van der Waals surface area (Å²) in [5.41, 5.74) is -0.140. The molecule has 2 nitrogen and oxygen atoms in total. The molecule has 1 N–H and O–H groups in total. The first-order valence-corrected chi connectivity index (χ1v) is 5.63. The first kappa shape index (κ1) is 13.4. The van der Waals surface area contributed by atoms with Crippen molar-refractivity contribution in [3.8, 4) is 0 Å². The number of aliphatic carboxylic acids is 1. The monoisotopic (exact) mass is 268 g/mol. The summed E-state index contributed by atoms with van der Waals surface area (Å²) in [7, 11) is 0. The van der Waals surface area contributed by atoms with Crippen molar-refractivity contribution in [1.29, 1.82) is 0 Å². The molecule has 0 fully saturated rings. The summed E-state index contributed by atoms with van der Waals surface area (Å²) < 4.78 is 37.7. The molecular formula is C14H11F3O2. The van der Waals surface area contributed by atoms with Gasteiger partial charge in [-0.2, -0.15) is 13.2 Å². The highest BCUT2D eigenvalue weighted by Crippen LogP contribution is 2.32. The number of rotatable bonds is 2. The van der Waals surface area contributed by atoms with Crippen LogP contribution in [0.5, 0.6) is 0 Å². The largest absolute Gasteiger partial charge is 0.481 e. The number of fused-ring (bicyclic) bond motifs is 1. The van der Waals surface area contributed by atoms with Crippen LogP contribution >= 0.6 is 0 Å². The second-order valence-corrected chi connectivity index (χ2v) is 4.38. The molecule has 0 aliphatic carbocycles. The van der Waals surface area contributed by atoms with Crippen molar-refractivity contribution in [2.75, 3.05) is 0 Å². The van der Waals surface area contributed by atoms with Crippen LogP contribution in [0.15, 0.2) is 36.4 Å². The van der Waals surface area contributed by atoms with Gasteiger partial charge in [0.15, 0.2) is 0 Å². The molecule has 2 aromatic carbocycles. The highest BCUT2D eigenvalue weighted by atomic mass is 19.4. The van der Waals surface area contributed by atoms with Gasteiger partial charge in [-0.05, 0) is 35.4 Å². The maximum atomic E-state index is 12.6. The van der Waals surface area contributed by atoms with E-state index in [2.05, 4.69) is 0 Å². The van der Waals surface area contributed by atoms with Crippen molar-refractivity contribution in [1.82, 2.24) is 0 Å². The fourth-order valence-electron chi connectivity index (χ4n) is 1.85. The molecule has 1 atom stereocenters. The average molecular weight is 268 g/mol. The van der Waals surface area contributed by atoms with Crippen molar-refractivity contribution >= 4 is 16.7 Å². The zero-order chi connectivity index (χ0) is 14.2. The number of carbonyl (C=O) groups is 1. The van der Waals surface area contributed by atoms with Crippen molar-refractivity contribution in [2.45, 2.75) is 19.0 Å². The summed E-state index contributed by atoms with van der Waals surface area (Å²) in [6.45, 7) is 1.54. The predicted octanol–water partition coefficient (Wildman–Crippen LogP) is 4.05. The molecule has 0 amide bonds. The number of carboxylic acid groups (broad SMARTS) is 1. The summed E-state index contributed by atoms with van der Waals surface area (Å²) in [6, 6.07) is 8.08. The lowest BCUT2D eigenvalue weighted by atomic mass is 9.97. The Morgan fingerprint density at radius 2 is 1.68 bits per heavy atom. The highest BCUT2D eigenvalue weighted by Gasteiger charge is 2.30. The van der Waals surface area contributed by atoms with Crippen molar-refractivity contribution < 1.29 is 23.1 Å². The molecule has 2 rings (SSSR count). The number of hydrogen-bond acceptors (Lipinski definition) is 1. The molecular weight excluding hydrogens is 257 g/mol. The van der Waals surface area contributed by atoms with Crippen molar-refractivity contribution in [3.63, 3.8) is 0 Å². The Labute approximate surface area is 107 Å². The maximum Gasteiger partial charge on any atom is 0.416 e. The van der Waals surface area contributed by atoms with Gasteiger partial charge in [0, 0.05) is 0 Å². The van der Waals surface area contributed by atoms with Gasteiger partial charge in [-0.1, -0.05) is 24.3 Å². The first-order chi connectivity index (χ1) is 8.79. The fourth-order valence-corrected chi connectivity index (χ4v) is 1.85. The summed E-state index contributed by atoms with van der Waals surface area (Å²) in [6.07, 6.45) is -4.37. The molecule has 1 unspecified atom stereocenters. The Hall–Kier alpha value is -2.04. The van der Waals surface area contributed by atoms with Crippen LogP contribution in [0, 0.1) is 0 Å². The van der Waals surface area contributed by atoms with E-state index in [-0.39, 0.29) is 0 Å². The maximum absolute atomic E-state index is 12.6. The lowest BCUT2D eigenvalue weighted by Crippen LogP contribution is -2.07. The molecule has 0 aromatic heterocycles. The Kier molecular flexibility index (Phi) is 3.22. The van der Waals surface area contributed by atoms with Gasteiger partial charge in [-0.25, -0.2) is 0 Å². The minimum Gasteiger partial charge on any atom is -0.481 e. The molecule has 100 valence electrons. The average Bonchev–Trinajstić information content (AvgIpc) is 2.35. The SMILES string of the molecule is CC(C(=O)O)c1ccc2cc(C(F)(F)F)ccc2c1. The van der Waals surface area contributed by atoms with Crippen LogP contribution in [-0.4, -0.2) is 11.1 Å². The van der Waals surface area contributed by atoms with Crippen LogP contribution in [0.1, 0.15) is 24.0 Å². The van der Waals surface area contributed by atoms with E-state index in [4.69, 9.17) is 5.11 Å². The Morgan fingerprint density at radius 3 is 2.26 bits per heavy atom. The molecule has 0 radical (unpaired) electrons. The van der Waals surface area contributed by atoms with Crippen molar-refractivity contribution in [3.05, 3.63) is 47.5 Å². The molecule has 5 heteroatoms. The molecule has 0 aliphatic rings. The van der Waals surface area contributed by atoms with E-state index in [1.165, 1.54) is 19.1 Å². The van der Waals surface area contributed by atoms with E-state index < -0.39 is 23.6 Å². The first-order valence-electron chi connectivity index (χ1n) is 5.63. The van der Waals surface area contributed by atoms with Crippen molar-refractivity contribution in [2.24, 2.45) is 0 Å². The molecule has 0 bridgehead atoms. The van der Waals surface area contributed by atoms with Gasteiger partial charge in [-0.15, -0.1) is 0 Å². The van der Waals surface area contributed by atoms with Crippen LogP contribution in [0.25, 0.3) is 10.8 Å². The van der Waals surface area contributed by atoms with Gasteiger partial charge in [-0.3, -0.25) is 4.79 Å². The van der Waals surface area contributed by atoms with E-state index in [0.29, 0.717) is 16.3 Å². The number of carboxylic acids is 1. The molecule has 0 saturated heterocycles. The van der Waals surface area contributed by atoms with E-state index in [1.54, 1.807) is 12.1 Å². The Balaban J connectivity index is 2.49. The van der Waals surface area contributed by atoms with Gasteiger partial charge < -0.3 is 5.11 Å². The molecule has 0 aliphatic heterocycles. The number of alkyl halides is 3. The van der Waals surface area contributed by atoms with E-state index in [1.807, 2.05) is 0 Å². The Bertz CT molecular complexity index is 632. The third kappa shape index (κ3) is 2.70. The minimum absolute atomic E-state index is 0.441. The van der Waals surface area contributed by atoms with Gasteiger partial charge in [0.2, 0.25) is 0 Å². The molecule has 19 heavy (non-hydrogen) atoms. The van der Waals surface area contributed by atoms with Crippen LogP contribution in [0.2, 0.25) is 0 Å². The molecule has 0 saturated carbocycles. The summed E-state index contributed by atoms with van der Waals surface area (Å²) in [5.74, 6) is -1.65. The zero-order valence-corrected chi connectivity index (χ0v) is 10.0. The Morgan fingerprint density at radius 1 is 1.11 bits per heavy atom. The number of hydrogen-bond donors (Lipinski definition) is 1. The smallest absolute Gasteiger partial charge is 0.416 e. The predicted molar refractivity (Wildman–Crippen MR) is 65.0 cm³/mol. The van der Waals surface area contributed by atoms with Crippen LogP contribution < -0.4 is 0 Å². The second kappa shape index (κ2) is 4.57. The number of halogens is 3. The third-order valence-corrected chi connectivity index (χ3v) is 3.06. The van der Waals surface area contributed by atoms with Crippen LogP contribution in [0.4, 0.5) is 13.2 Å². The quantitative estimate of drug-likeness (QED) is 0.892. The van der Waals surface area contributed by atoms with Crippen LogP contribution in [-0.2, 0) is 11.0 Å². The van der Waals surface area contributed by atoms with E-state index in [0.717, 1.165) is 12.1 Å². The summed E-state index contributed by atoms with van der Waals surface area (Å²) >= 11 is 0. The second-order valence-electron chi connectivity index (χ2n) is 4.38. The summed E-state index contributed by atoms with van der Waals surface area (Å²) in [4.78, 5) is 10.9. The highest BCUT2D eigenvalue weighted by molar-refractivity contribution is 5.86. The lowest BCUT2D eigenvalue weighted by Gasteiger charge is -2.10. The molecule has 0 spiro atoms. The number of benzene rings is 2. The minimum atomic E-state index is -4.37. The standard InChI is InChI=1S/C14H11F3O2/c1-8(13(18)19)9-2-3-11-7-12(14(15,16)17)5-4-10(11)6-9/h2-8H,1H3,(H,18,19). The van der Waals surface area contributed by atoms with Gasteiger partial charge in [0.25, 0.3) is 0 Å². The van der Waals surface area contributed by atoms with Gasteiger partial charge in [0.05, 0.1) is 11.5 Å². The summed E-state index contributed by atoms with van der Waals surface area (Å²) in [5, 5.41) is 9.95. The molecule has 0 heterocycles. The fraction of sp³-hybridized carbons (Fsp3) is 0.214. The third-order valence-electron chi connectivity index (χ3n) is 3.06. The van der Waals surface area contributed by atoms with Gasteiger partial charge >= 0.3 is 12.1 Å². The molecule has 2 aromatic rings. The zero-order valence-electron chi connectivity index (χ0n) is 10.0. The van der Waals surface area contributed by atoms with E-state index >= 15 is 0 Å². The van der Waals surface area contributed by atoms with E-state index in [9.17, 15) is 18.0 Å². The van der Waals surface area contributed by atoms with Gasteiger partial charge in [0.1, 0.15) is 0 Å². The lowest BCUT2D eigenvalue weighted by molar-refractivity contribution is -0.138.